The summed E-state index contributed by atoms with van der Waals surface area (Å²) >= 11 is 0. The van der Waals surface area contributed by atoms with Gasteiger partial charge in [-0.25, -0.2) is 4.98 Å². The number of carbonyl (C=O) groups is 1. The number of pyridine rings is 1. The van der Waals surface area contributed by atoms with Gasteiger partial charge in [-0.05, 0) is 74.4 Å². The molecule has 0 aliphatic carbocycles. The molecule has 8 heteroatoms. The largest absolute Gasteiger partial charge is 0.497 e. The zero-order chi connectivity index (χ0) is 26.7. The highest BCUT2D eigenvalue weighted by atomic mass is 16.5. The summed E-state index contributed by atoms with van der Waals surface area (Å²) in [4.78, 5) is 24.0. The highest BCUT2D eigenvalue weighted by Gasteiger charge is 2.22. The molecule has 1 aliphatic heterocycles. The molecule has 0 bridgehead atoms. The topological polar surface area (TPSA) is 81.2 Å². The average Bonchev–Trinajstić information content (AvgIpc) is 2.88. The Labute approximate surface area is 219 Å². The normalized spacial score (nSPS) is 13.9. The van der Waals surface area contributed by atoms with Crippen LogP contribution in [-0.2, 0) is 5.60 Å². The molecule has 2 heterocycles. The van der Waals surface area contributed by atoms with E-state index >= 15 is 0 Å². The van der Waals surface area contributed by atoms with Gasteiger partial charge < -0.3 is 29.9 Å². The quantitative estimate of drug-likeness (QED) is 0.495. The second-order valence-corrected chi connectivity index (χ2v) is 10.2. The first-order valence-electron chi connectivity index (χ1n) is 12.5. The summed E-state index contributed by atoms with van der Waals surface area (Å²) in [6.45, 7) is 8.78. The lowest BCUT2D eigenvalue weighted by Crippen LogP contribution is -2.47. The fourth-order valence-electron chi connectivity index (χ4n) is 4.39. The van der Waals surface area contributed by atoms with E-state index in [2.05, 4.69) is 27.2 Å². The van der Waals surface area contributed by atoms with Gasteiger partial charge in [0, 0.05) is 57.2 Å². The molecule has 8 nitrogen and oxygen atoms in total. The van der Waals surface area contributed by atoms with Crippen molar-refractivity contribution in [3.63, 3.8) is 0 Å². The number of aryl methyl sites for hydroxylation is 1. The van der Waals surface area contributed by atoms with E-state index in [0.29, 0.717) is 11.4 Å². The molecule has 4 rings (SSSR count). The van der Waals surface area contributed by atoms with Gasteiger partial charge in [-0.3, -0.25) is 4.79 Å². The van der Waals surface area contributed by atoms with E-state index in [0.717, 1.165) is 60.2 Å². The van der Waals surface area contributed by atoms with Crippen LogP contribution in [0.4, 0.5) is 23.0 Å². The smallest absolute Gasteiger partial charge is 0.253 e. The third kappa shape index (κ3) is 6.14. The Morgan fingerprint density at radius 2 is 1.65 bits per heavy atom. The standard InChI is InChI=1S/C29H37N5O3/c1-20-7-8-22(29(2,3)36)19-25(20)30-26-17-21(28(35)32(4)5)18-27(31-26)34-15-13-33(14-16-34)23-9-11-24(37-6)12-10-23/h7-12,17-19,36H,13-16H2,1-6H3,(H,30,31). The fraction of sp³-hybridized carbons (Fsp3) is 0.379. The number of aromatic nitrogens is 1. The van der Waals surface area contributed by atoms with Gasteiger partial charge in [0.2, 0.25) is 0 Å². The van der Waals surface area contributed by atoms with Gasteiger partial charge in [0.05, 0.1) is 12.7 Å². The van der Waals surface area contributed by atoms with Crippen LogP contribution in [0.25, 0.3) is 0 Å². The summed E-state index contributed by atoms with van der Waals surface area (Å²) in [5.74, 6) is 2.13. The number of piperazine rings is 1. The van der Waals surface area contributed by atoms with Crippen molar-refractivity contribution in [3.8, 4) is 5.75 Å². The number of amides is 1. The van der Waals surface area contributed by atoms with Crippen LogP contribution in [0.3, 0.4) is 0 Å². The third-order valence-electron chi connectivity index (χ3n) is 6.71. The zero-order valence-electron chi connectivity index (χ0n) is 22.6. The Kier molecular flexibility index (Phi) is 7.59. The van der Waals surface area contributed by atoms with Gasteiger partial charge in [-0.15, -0.1) is 0 Å². The van der Waals surface area contributed by atoms with Gasteiger partial charge in [0.15, 0.2) is 0 Å². The summed E-state index contributed by atoms with van der Waals surface area (Å²) in [5.41, 5.74) is 3.44. The molecule has 1 aliphatic rings. The predicted octanol–water partition coefficient (Wildman–Crippen LogP) is 4.40. The maximum Gasteiger partial charge on any atom is 0.253 e. The Morgan fingerprint density at radius 1 is 1.00 bits per heavy atom. The number of methoxy groups -OCH3 is 1. The SMILES string of the molecule is COc1ccc(N2CCN(c3cc(C(=O)N(C)C)cc(Nc4cc(C(C)(C)O)ccc4C)n3)CC2)cc1. The van der Waals surface area contributed by atoms with Gasteiger partial charge in [0.25, 0.3) is 5.91 Å². The molecule has 1 amide bonds. The van der Waals surface area contributed by atoms with Gasteiger partial charge in [0.1, 0.15) is 17.4 Å². The van der Waals surface area contributed by atoms with Crippen molar-refractivity contribution in [1.29, 1.82) is 0 Å². The minimum atomic E-state index is -0.963. The number of nitrogens with zero attached hydrogens (tertiary/aromatic N) is 4. The van der Waals surface area contributed by atoms with Crippen molar-refractivity contribution >= 4 is 28.9 Å². The number of nitrogens with one attached hydrogen (secondary N) is 1. The van der Waals surface area contributed by atoms with Crippen molar-refractivity contribution in [2.75, 3.05) is 62.5 Å². The van der Waals surface area contributed by atoms with E-state index in [1.54, 1.807) is 46.0 Å². The van der Waals surface area contributed by atoms with Crippen LogP contribution in [0, 0.1) is 6.92 Å². The van der Waals surface area contributed by atoms with Crippen molar-refractivity contribution < 1.29 is 14.6 Å². The molecule has 37 heavy (non-hydrogen) atoms. The lowest BCUT2D eigenvalue weighted by Gasteiger charge is -2.37. The van der Waals surface area contributed by atoms with E-state index in [1.165, 1.54) is 0 Å². The van der Waals surface area contributed by atoms with Crippen molar-refractivity contribution in [2.45, 2.75) is 26.4 Å². The Bertz CT molecular complexity index is 1240. The third-order valence-corrected chi connectivity index (χ3v) is 6.71. The Morgan fingerprint density at radius 3 is 2.24 bits per heavy atom. The highest BCUT2D eigenvalue weighted by Crippen LogP contribution is 2.29. The number of anilines is 4. The van der Waals surface area contributed by atoms with E-state index in [4.69, 9.17) is 9.72 Å². The molecule has 0 atom stereocenters. The van der Waals surface area contributed by atoms with Crippen LogP contribution < -0.4 is 19.9 Å². The summed E-state index contributed by atoms with van der Waals surface area (Å²) in [6, 6.07) is 17.6. The highest BCUT2D eigenvalue weighted by molar-refractivity contribution is 5.95. The van der Waals surface area contributed by atoms with Gasteiger partial charge in [-0.2, -0.15) is 0 Å². The summed E-state index contributed by atoms with van der Waals surface area (Å²) in [7, 11) is 5.17. The lowest BCUT2D eigenvalue weighted by molar-refractivity contribution is 0.0785. The Balaban J connectivity index is 1.59. The van der Waals surface area contributed by atoms with Crippen molar-refractivity contribution in [3.05, 3.63) is 71.3 Å². The second-order valence-electron chi connectivity index (χ2n) is 10.2. The maximum atomic E-state index is 12.9. The Hall–Kier alpha value is -3.78. The van der Waals surface area contributed by atoms with Crippen LogP contribution in [0.5, 0.6) is 5.75 Å². The molecule has 1 aromatic heterocycles. The van der Waals surface area contributed by atoms with Crippen LogP contribution in [0.2, 0.25) is 0 Å². The number of carbonyl (C=O) groups excluding carboxylic acids is 1. The monoisotopic (exact) mass is 503 g/mol. The molecule has 0 unspecified atom stereocenters. The predicted molar refractivity (Wildman–Crippen MR) is 149 cm³/mol. The van der Waals surface area contributed by atoms with E-state index in [9.17, 15) is 9.90 Å². The number of rotatable bonds is 7. The van der Waals surface area contributed by atoms with Crippen molar-refractivity contribution in [2.24, 2.45) is 0 Å². The van der Waals surface area contributed by atoms with Crippen molar-refractivity contribution in [1.82, 2.24) is 9.88 Å². The first-order valence-corrected chi connectivity index (χ1v) is 12.5. The summed E-state index contributed by atoms with van der Waals surface area (Å²) < 4.78 is 5.28. The zero-order valence-corrected chi connectivity index (χ0v) is 22.6. The molecule has 2 N–H and O–H groups in total. The molecule has 3 aromatic rings. The number of aliphatic hydroxyl groups is 1. The van der Waals surface area contributed by atoms with Gasteiger partial charge in [-0.1, -0.05) is 12.1 Å². The molecule has 0 spiro atoms. The van der Waals surface area contributed by atoms with E-state index in [1.807, 2.05) is 43.3 Å². The molecule has 196 valence electrons. The molecular weight excluding hydrogens is 466 g/mol. The first kappa shape index (κ1) is 26.3. The number of hydrogen-bond donors (Lipinski definition) is 2. The second kappa shape index (κ2) is 10.7. The van der Waals surface area contributed by atoms with Crippen LogP contribution in [0.1, 0.15) is 35.3 Å². The van der Waals surface area contributed by atoms with E-state index < -0.39 is 5.60 Å². The molecule has 1 fully saturated rings. The van der Waals surface area contributed by atoms with Crippen LogP contribution in [0.15, 0.2) is 54.6 Å². The average molecular weight is 504 g/mol. The number of ether oxygens (including phenoxy) is 1. The maximum absolute atomic E-state index is 12.9. The minimum Gasteiger partial charge on any atom is -0.497 e. The molecule has 1 saturated heterocycles. The van der Waals surface area contributed by atoms with Crippen LogP contribution >= 0.6 is 0 Å². The minimum absolute atomic E-state index is 0.0782. The molecular formula is C29H37N5O3. The van der Waals surface area contributed by atoms with Gasteiger partial charge >= 0.3 is 0 Å². The number of hydrogen-bond acceptors (Lipinski definition) is 7. The van der Waals surface area contributed by atoms with E-state index in [-0.39, 0.29) is 5.91 Å². The first-order chi connectivity index (χ1) is 17.5. The number of benzene rings is 2. The van der Waals surface area contributed by atoms with Crippen LogP contribution in [-0.4, -0.2) is 68.3 Å². The molecule has 2 aromatic carbocycles. The summed E-state index contributed by atoms with van der Waals surface area (Å²) in [6.07, 6.45) is 0. The summed E-state index contributed by atoms with van der Waals surface area (Å²) in [5, 5.41) is 13.9. The lowest BCUT2D eigenvalue weighted by atomic mass is 9.96. The molecule has 0 saturated carbocycles. The molecule has 0 radical (unpaired) electrons. The fourth-order valence-corrected chi connectivity index (χ4v) is 4.39.